The first-order valence-corrected chi connectivity index (χ1v) is 13.5. The Morgan fingerprint density at radius 3 is 2.41 bits per heavy atom. The summed E-state index contributed by atoms with van der Waals surface area (Å²) in [6.45, 7) is 4.30. The van der Waals surface area contributed by atoms with E-state index in [1.165, 1.54) is 35.1 Å². The molecule has 0 aromatic carbocycles. The van der Waals surface area contributed by atoms with Gasteiger partial charge in [-0.2, -0.15) is 8.42 Å². The van der Waals surface area contributed by atoms with Crippen LogP contribution in [0.25, 0.3) is 0 Å². The van der Waals surface area contributed by atoms with Crippen LogP contribution in [0, 0.1) is 13.8 Å². The number of hydrogen-bond acceptors (Lipinski definition) is 7. The Bertz CT molecular complexity index is 1040. The largest absolute Gasteiger partial charge is 0.338 e. The van der Waals surface area contributed by atoms with E-state index in [-0.39, 0.29) is 16.1 Å². The van der Waals surface area contributed by atoms with Gasteiger partial charge in [-0.05, 0) is 37.6 Å². The maximum absolute atomic E-state index is 13.1. The van der Waals surface area contributed by atoms with Crippen LogP contribution in [0.2, 0.25) is 0 Å². The fourth-order valence-corrected chi connectivity index (χ4v) is 9.33. The smallest absolute Gasteiger partial charge is 0.291 e. The Morgan fingerprint density at radius 1 is 1.22 bits per heavy atom. The first-order valence-electron chi connectivity index (χ1n) is 8.31. The first-order chi connectivity index (χ1) is 12.6. The zero-order valence-electron chi connectivity index (χ0n) is 15.2. The minimum atomic E-state index is -3.98. The summed E-state index contributed by atoms with van der Waals surface area (Å²) >= 11 is 2.63. The van der Waals surface area contributed by atoms with Crippen molar-refractivity contribution in [2.75, 3.05) is 19.3 Å². The van der Waals surface area contributed by atoms with E-state index in [1.807, 2.05) is 0 Å². The number of aromatic nitrogens is 1. The highest BCUT2D eigenvalue weighted by Crippen LogP contribution is 2.29. The number of thiazole rings is 1. The number of aryl methyl sites for hydroxylation is 2. The van der Waals surface area contributed by atoms with Gasteiger partial charge in [0, 0.05) is 29.5 Å². The van der Waals surface area contributed by atoms with Gasteiger partial charge in [0.05, 0.1) is 21.4 Å². The maximum Gasteiger partial charge on any atom is 0.291 e. The summed E-state index contributed by atoms with van der Waals surface area (Å²) in [4.78, 5) is 19.4. The highest BCUT2D eigenvalue weighted by atomic mass is 32.3. The summed E-state index contributed by atoms with van der Waals surface area (Å²) in [5.41, 5.74) is 2.23. The average molecular weight is 448 g/mol. The minimum absolute atomic E-state index is 0.0902. The van der Waals surface area contributed by atoms with Gasteiger partial charge in [0.25, 0.3) is 15.9 Å². The Hall–Kier alpha value is -1.30. The van der Waals surface area contributed by atoms with Crippen molar-refractivity contribution in [3.8, 4) is 0 Å². The third-order valence-electron chi connectivity index (χ3n) is 4.59. The Labute approximate surface area is 167 Å². The van der Waals surface area contributed by atoms with Gasteiger partial charge < -0.3 is 4.90 Å². The van der Waals surface area contributed by atoms with Gasteiger partial charge in [-0.25, -0.2) is 4.21 Å². The lowest BCUT2D eigenvalue weighted by Gasteiger charge is -2.32. The zero-order valence-corrected chi connectivity index (χ0v) is 18.5. The van der Waals surface area contributed by atoms with Crippen LogP contribution in [0.5, 0.6) is 0 Å². The van der Waals surface area contributed by atoms with Crippen molar-refractivity contribution in [1.29, 1.82) is 0 Å². The third-order valence-corrected chi connectivity index (χ3v) is 11.3. The molecular formula is C16H21N3O4S4. The van der Waals surface area contributed by atoms with E-state index < -0.39 is 19.8 Å². The van der Waals surface area contributed by atoms with Crippen LogP contribution in [0.1, 0.15) is 33.0 Å². The van der Waals surface area contributed by atoms with Crippen molar-refractivity contribution in [2.45, 2.75) is 36.8 Å². The normalized spacial score (nSPS) is 18.3. The summed E-state index contributed by atoms with van der Waals surface area (Å²) in [6, 6.07) is 0. The number of sulfonamides is 1. The third kappa shape index (κ3) is 4.25. The van der Waals surface area contributed by atoms with Gasteiger partial charge >= 0.3 is 0 Å². The molecule has 3 rings (SSSR count). The van der Waals surface area contributed by atoms with Crippen LogP contribution in [0.3, 0.4) is 0 Å². The van der Waals surface area contributed by atoms with Gasteiger partial charge in [-0.1, -0.05) is 0 Å². The number of piperidine rings is 1. The van der Waals surface area contributed by atoms with E-state index in [9.17, 15) is 17.4 Å². The molecule has 27 heavy (non-hydrogen) atoms. The molecule has 2 aromatic rings. The summed E-state index contributed by atoms with van der Waals surface area (Å²) < 4.78 is 42.4. The van der Waals surface area contributed by atoms with Crippen molar-refractivity contribution in [3.63, 3.8) is 0 Å². The zero-order chi connectivity index (χ0) is 19.8. The highest BCUT2D eigenvalue weighted by molar-refractivity contribution is 8.03. The molecule has 1 aliphatic rings. The van der Waals surface area contributed by atoms with E-state index in [0.29, 0.717) is 41.2 Å². The number of nitrogens with zero attached hydrogens (tertiary/aromatic N) is 3. The molecule has 2 aromatic heterocycles. The molecule has 1 atom stereocenters. The van der Waals surface area contributed by atoms with E-state index in [2.05, 4.69) is 8.75 Å². The highest BCUT2D eigenvalue weighted by Gasteiger charge is 2.31. The number of carbonyl (C=O) groups excluding carboxylic acids is 1. The lowest BCUT2D eigenvalue weighted by atomic mass is 10.1. The Balaban J connectivity index is 1.78. The molecule has 0 radical (unpaired) electrons. The van der Waals surface area contributed by atoms with E-state index in [4.69, 9.17) is 0 Å². The topological polar surface area (TPSA) is 96.8 Å². The van der Waals surface area contributed by atoms with Crippen LogP contribution in [-0.2, 0) is 19.8 Å². The van der Waals surface area contributed by atoms with Crippen molar-refractivity contribution < 1.29 is 17.4 Å². The monoisotopic (exact) mass is 447 g/mol. The minimum Gasteiger partial charge on any atom is -0.338 e. The van der Waals surface area contributed by atoms with Crippen LogP contribution in [0.15, 0.2) is 25.8 Å². The molecule has 0 aliphatic carbocycles. The number of amides is 1. The van der Waals surface area contributed by atoms with Gasteiger partial charge in [-0.3, -0.25) is 9.78 Å². The van der Waals surface area contributed by atoms with Crippen molar-refractivity contribution in [1.82, 2.24) is 9.88 Å². The molecule has 7 nitrogen and oxygen atoms in total. The van der Waals surface area contributed by atoms with Crippen LogP contribution in [0.4, 0.5) is 0 Å². The summed E-state index contributed by atoms with van der Waals surface area (Å²) in [5, 5.41) is 1.40. The molecule has 1 unspecified atom stereocenters. The summed E-state index contributed by atoms with van der Waals surface area (Å²) in [7, 11) is -6.94. The van der Waals surface area contributed by atoms with E-state index in [0.717, 1.165) is 0 Å². The van der Waals surface area contributed by atoms with Crippen LogP contribution >= 0.6 is 22.7 Å². The van der Waals surface area contributed by atoms with Gasteiger partial charge in [0.1, 0.15) is 9.77 Å². The molecule has 11 heteroatoms. The van der Waals surface area contributed by atoms with Gasteiger partial charge in [-0.15, -0.1) is 26.4 Å². The second-order valence-corrected chi connectivity index (χ2v) is 12.9. The lowest BCUT2D eigenvalue weighted by Crippen LogP contribution is -2.42. The van der Waals surface area contributed by atoms with Crippen LogP contribution in [-0.4, -0.2) is 53.0 Å². The molecule has 0 bridgehead atoms. The fraction of sp³-hybridized carbons (Fsp3) is 0.500. The Kier molecular flexibility index (Phi) is 5.76. The lowest BCUT2D eigenvalue weighted by molar-refractivity contribution is 0.0731. The number of rotatable bonds is 4. The number of likely N-dealkylation sites (tertiary alicyclic amines) is 1. The molecule has 1 amide bonds. The molecule has 0 N–H and O–H groups in total. The molecule has 0 spiro atoms. The molecule has 0 saturated carbocycles. The predicted molar refractivity (Wildman–Crippen MR) is 109 cm³/mol. The first kappa shape index (κ1) is 20.4. The molecule has 1 fully saturated rings. The van der Waals surface area contributed by atoms with Crippen molar-refractivity contribution >= 4 is 48.3 Å². The summed E-state index contributed by atoms with van der Waals surface area (Å²) in [6.07, 6.45) is 3.86. The second kappa shape index (κ2) is 7.61. The quantitative estimate of drug-likeness (QED) is 0.718. The number of thiophene rings is 1. The molecular weight excluding hydrogens is 426 g/mol. The molecule has 1 aliphatic heterocycles. The van der Waals surface area contributed by atoms with E-state index >= 15 is 0 Å². The molecule has 1 saturated heterocycles. The summed E-state index contributed by atoms with van der Waals surface area (Å²) in [5.74, 6) is -0.0902. The molecule has 148 valence electrons. The van der Waals surface area contributed by atoms with E-state index in [1.54, 1.807) is 29.6 Å². The molecule has 3 heterocycles. The van der Waals surface area contributed by atoms with Gasteiger partial charge in [0.15, 0.2) is 0 Å². The Morgan fingerprint density at radius 2 is 1.89 bits per heavy atom. The number of carbonyl (C=O) groups is 1. The second-order valence-electron chi connectivity index (χ2n) is 6.57. The van der Waals surface area contributed by atoms with Gasteiger partial charge in [0.2, 0.25) is 0 Å². The SMILES string of the molecule is Cc1csc(C)c1S(=O)(=O)N=S(C)(=O)C1CCN(C(=O)c2cncs2)CC1. The predicted octanol–water partition coefficient (Wildman–Crippen LogP) is 2.91. The van der Waals surface area contributed by atoms with Crippen molar-refractivity contribution in [2.24, 2.45) is 3.77 Å². The number of hydrogen-bond donors (Lipinski definition) is 0. The fourth-order valence-electron chi connectivity index (χ4n) is 3.21. The van der Waals surface area contributed by atoms with Crippen molar-refractivity contribution in [3.05, 3.63) is 32.4 Å². The maximum atomic E-state index is 13.1. The average Bonchev–Trinajstić information content (AvgIpc) is 3.23. The van der Waals surface area contributed by atoms with Crippen LogP contribution < -0.4 is 0 Å². The standard InChI is InChI=1S/C16H21N3O4S4/c1-11-9-24-12(2)15(11)27(22,23)18-26(3,21)13-4-6-19(7-5-13)16(20)14-8-17-10-25-14/h8-10,13H,4-7H2,1-3H3.